The Kier molecular flexibility index (Phi) is 10.4. The lowest BCUT2D eigenvalue weighted by Crippen LogP contribution is -2.39. The van der Waals surface area contributed by atoms with Crippen LogP contribution in [0.3, 0.4) is 0 Å². The van der Waals surface area contributed by atoms with Gasteiger partial charge in [-0.05, 0) is 73.5 Å². The number of phenols is 2. The Bertz CT molecular complexity index is 2400. The van der Waals surface area contributed by atoms with Crippen molar-refractivity contribution in [2.45, 2.75) is 37.5 Å². The van der Waals surface area contributed by atoms with E-state index in [1.54, 1.807) is 54.6 Å². The Morgan fingerprint density at radius 2 is 1.30 bits per heavy atom. The van der Waals surface area contributed by atoms with Crippen LogP contribution in [0.15, 0.2) is 84.9 Å². The number of aromatic hydroxyl groups is 2. The number of hydrogen-bond donors (Lipinski definition) is 4. The predicted octanol–water partition coefficient (Wildman–Crippen LogP) is 5.91. The van der Waals surface area contributed by atoms with Crippen molar-refractivity contribution in [2.75, 3.05) is 49.2 Å². The standard InChI is InChI=1S/C23H23FN4O4.C18H17FN4O/c24-14-5-6-19-18(11-14)22(27-21(26-19)17-3-1-2-4-20(17)29)28-9-7-15(12-28)25-23(30)32-16-8-10-31-13-16;19-11-5-6-15-14(9-11)18(23-8-7-12(20)10-23)22-17(21-15)13-3-1-2-4-16(13)24/h1-6,11,15-16,29H,7-10,12-13H2,(H,25,30);1-6,9,12,24H,7-8,10,20H2/t15-,16+;12-/m11/s1. The number of phenolic OH excluding ortho intramolecular Hbond substituents is 2. The van der Waals surface area contributed by atoms with E-state index in [0.29, 0.717) is 102 Å². The van der Waals surface area contributed by atoms with Gasteiger partial charge in [-0.3, -0.25) is 0 Å². The highest BCUT2D eigenvalue weighted by atomic mass is 19.1. The minimum absolute atomic E-state index is 0.0690. The first-order valence-corrected chi connectivity index (χ1v) is 18.5. The number of amides is 1. The van der Waals surface area contributed by atoms with Crippen LogP contribution in [0.4, 0.5) is 25.2 Å². The Balaban J connectivity index is 0.000000164. The summed E-state index contributed by atoms with van der Waals surface area (Å²) in [5.74, 6) is 1.47. The van der Waals surface area contributed by atoms with E-state index in [2.05, 4.69) is 30.2 Å². The van der Waals surface area contributed by atoms with Gasteiger partial charge in [0.15, 0.2) is 11.6 Å². The van der Waals surface area contributed by atoms with Gasteiger partial charge in [0.25, 0.3) is 0 Å². The number of ether oxygens (including phenoxy) is 2. The zero-order chi connectivity index (χ0) is 38.8. The van der Waals surface area contributed by atoms with Crippen LogP contribution in [0.25, 0.3) is 44.6 Å². The third-order valence-electron chi connectivity index (χ3n) is 10.1. The predicted molar refractivity (Wildman–Crippen MR) is 207 cm³/mol. The number of halogens is 2. The maximum atomic E-state index is 14.0. The van der Waals surface area contributed by atoms with Gasteiger partial charge in [0, 0.05) is 49.4 Å². The molecule has 15 heteroatoms. The number of nitrogens with zero attached hydrogens (tertiary/aromatic N) is 6. The molecule has 0 spiro atoms. The number of para-hydroxylation sites is 2. The molecule has 0 aliphatic carbocycles. The molecule has 3 saturated heterocycles. The molecule has 13 nitrogen and oxygen atoms in total. The van der Waals surface area contributed by atoms with Crippen LogP contribution in [0.5, 0.6) is 11.5 Å². The maximum absolute atomic E-state index is 14.0. The normalized spacial score (nSPS) is 19.3. The number of nitrogens with one attached hydrogen (secondary N) is 1. The lowest BCUT2D eigenvalue weighted by molar-refractivity contribution is 0.0813. The van der Waals surface area contributed by atoms with Gasteiger partial charge in [-0.15, -0.1) is 0 Å². The van der Waals surface area contributed by atoms with Crippen molar-refractivity contribution in [3.8, 4) is 34.3 Å². The molecular weight excluding hydrogens is 722 g/mol. The number of carbonyl (C=O) groups excluding carboxylic acids is 1. The molecule has 1 amide bonds. The summed E-state index contributed by atoms with van der Waals surface area (Å²) in [6.07, 6.45) is 1.61. The van der Waals surface area contributed by atoms with Gasteiger partial charge in [-0.25, -0.2) is 33.5 Å². The van der Waals surface area contributed by atoms with Gasteiger partial charge >= 0.3 is 6.09 Å². The number of alkyl carbamates (subject to hydrolysis) is 1. The van der Waals surface area contributed by atoms with E-state index >= 15 is 0 Å². The summed E-state index contributed by atoms with van der Waals surface area (Å²) in [6, 6.07) is 22.5. The van der Waals surface area contributed by atoms with Crippen molar-refractivity contribution in [3.05, 3.63) is 96.6 Å². The first-order chi connectivity index (χ1) is 27.2. The Labute approximate surface area is 320 Å². The lowest BCUT2D eigenvalue weighted by atomic mass is 10.1. The fourth-order valence-electron chi connectivity index (χ4n) is 7.23. The number of fused-ring (bicyclic) bond motifs is 2. The largest absolute Gasteiger partial charge is 0.507 e. The second-order valence-electron chi connectivity index (χ2n) is 14.1. The van der Waals surface area contributed by atoms with Crippen LogP contribution in [0.2, 0.25) is 0 Å². The van der Waals surface area contributed by atoms with Crippen molar-refractivity contribution < 1.29 is 33.3 Å². The van der Waals surface area contributed by atoms with E-state index in [4.69, 9.17) is 15.2 Å². The molecule has 4 aromatic carbocycles. The summed E-state index contributed by atoms with van der Waals surface area (Å²) in [4.78, 5) is 34.6. The molecule has 2 aromatic heterocycles. The van der Waals surface area contributed by atoms with Crippen LogP contribution in [0.1, 0.15) is 19.3 Å². The van der Waals surface area contributed by atoms with Gasteiger partial charge in [-0.1, -0.05) is 24.3 Å². The quantitative estimate of drug-likeness (QED) is 0.158. The molecule has 0 unspecified atom stereocenters. The summed E-state index contributed by atoms with van der Waals surface area (Å²) in [7, 11) is 0. The van der Waals surface area contributed by atoms with Crippen molar-refractivity contribution in [1.29, 1.82) is 0 Å². The van der Waals surface area contributed by atoms with Crippen molar-refractivity contribution in [1.82, 2.24) is 25.3 Å². The third kappa shape index (κ3) is 7.95. The van der Waals surface area contributed by atoms with Gasteiger partial charge in [0.2, 0.25) is 0 Å². The van der Waals surface area contributed by atoms with E-state index in [9.17, 15) is 23.8 Å². The van der Waals surface area contributed by atoms with Crippen molar-refractivity contribution in [2.24, 2.45) is 5.73 Å². The van der Waals surface area contributed by atoms with Crippen LogP contribution in [-0.4, -0.2) is 93.8 Å². The molecular formula is C41H40F2N8O5. The molecule has 3 atom stereocenters. The Morgan fingerprint density at radius 3 is 1.82 bits per heavy atom. The van der Waals surface area contributed by atoms with Crippen LogP contribution >= 0.6 is 0 Å². The molecule has 288 valence electrons. The van der Waals surface area contributed by atoms with Gasteiger partial charge in [-0.2, -0.15) is 0 Å². The van der Waals surface area contributed by atoms with Gasteiger partial charge < -0.3 is 40.5 Å². The molecule has 9 rings (SSSR count). The molecule has 3 aliphatic rings. The smallest absolute Gasteiger partial charge is 0.407 e. The summed E-state index contributed by atoms with van der Waals surface area (Å²) < 4.78 is 38.4. The van der Waals surface area contributed by atoms with Crippen LogP contribution < -0.4 is 20.9 Å². The average Bonchev–Trinajstić information content (AvgIpc) is 3.98. The van der Waals surface area contributed by atoms with Crippen LogP contribution in [-0.2, 0) is 9.47 Å². The summed E-state index contributed by atoms with van der Waals surface area (Å²) in [5.41, 5.74) is 8.27. The molecule has 6 aromatic rings. The minimum Gasteiger partial charge on any atom is -0.507 e. The SMILES string of the molecule is N[C@@H]1CCN(c2nc(-c3ccccc3O)nc3ccc(F)cc23)C1.O=C(N[C@@H]1CCN(c2nc(-c3ccccc3O)nc3ccc(F)cc23)C1)O[C@H]1CCOC1. The van der Waals surface area contributed by atoms with Gasteiger partial charge in [0.05, 0.1) is 41.4 Å². The molecule has 5 heterocycles. The summed E-state index contributed by atoms with van der Waals surface area (Å²) in [6.45, 7) is 3.59. The number of hydrogen-bond acceptors (Lipinski definition) is 12. The van der Waals surface area contributed by atoms with Crippen LogP contribution in [0, 0.1) is 11.6 Å². The fraction of sp³-hybridized carbons (Fsp3) is 0.293. The molecule has 56 heavy (non-hydrogen) atoms. The maximum Gasteiger partial charge on any atom is 0.407 e. The molecule has 3 fully saturated rings. The number of aromatic nitrogens is 4. The fourth-order valence-corrected chi connectivity index (χ4v) is 7.23. The molecule has 0 saturated carbocycles. The monoisotopic (exact) mass is 762 g/mol. The summed E-state index contributed by atoms with van der Waals surface area (Å²) in [5, 5.41) is 24.5. The van der Waals surface area contributed by atoms with E-state index in [1.807, 2.05) is 11.0 Å². The first kappa shape index (κ1) is 36.8. The van der Waals surface area contributed by atoms with Gasteiger partial charge in [0.1, 0.15) is 40.9 Å². The van der Waals surface area contributed by atoms with E-state index in [0.717, 1.165) is 13.0 Å². The second kappa shape index (κ2) is 15.9. The number of anilines is 2. The van der Waals surface area contributed by atoms with E-state index < -0.39 is 6.09 Å². The topological polar surface area (TPSA) is 172 Å². The number of benzene rings is 4. The number of carbonyl (C=O) groups is 1. The number of nitrogens with two attached hydrogens (primary N) is 1. The third-order valence-corrected chi connectivity index (χ3v) is 10.1. The highest BCUT2D eigenvalue weighted by Crippen LogP contribution is 2.35. The lowest BCUT2D eigenvalue weighted by Gasteiger charge is -2.21. The molecule has 5 N–H and O–H groups in total. The minimum atomic E-state index is -0.458. The summed E-state index contributed by atoms with van der Waals surface area (Å²) >= 11 is 0. The first-order valence-electron chi connectivity index (χ1n) is 18.5. The highest BCUT2D eigenvalue weighted by Gasteiger charge is 2.29. The Hall–Kier alpha value is -6.19. The number of rotatable bonds is 6. The van der Waals surface area contributed by atoms with Crippen molar-refractivity contribution in [3.63, 3.8) is 0 Å². The highest BCUT2D eigenvalue weighted by molar-refractivity contribution is 5.92. The zero-order valence-corrected chi connectivity index (χ0v) is 30.3. The molecule has 0 radical (unpaired) electrons. The second-order valence-corrected chi connectivity index (χ2v) is 14.1. The molecule has 0 bridgehead atoms. The molecule has 3 aliphatic heterocycles. The van der Waals surface area contributed by atoms with E-state index in [1.165, 1.54) is 24.3 Å². The average molecular weight is 763 g/mol. The zero-order valence-electron chi connectivity index (χ0n) is 30.3. The van der Waals surface area contributed by atoms with Crippen molar-refractivity contribution >= 4 is 39.5 Å². The Morgan fingerprint density at radius 1 is 0.750 bits per heavy atom. The van der Waals surface area contributed by atoms with E-state index in [-0.39, 0.29) is 41.3 Å².